The van der Waals surface area contributed by atoms with Gasteiger partial charge in [0.2, 0.25) is 0 Å². The van der Waals surface area contributed by atoms with Gasteiger partial charge in [-0.2, -0.15) is 9.78 Å². The van der Waals surface area contributed by atoms with Crippen LogP contribution in [0.3, 0.4) is 0 Å². The summed E-state index contributed by atoms with van der Waals surface area (Å²) in [6, 6.07) is 1.71. The van der Waals surface area contributed by atoms with Crippen LogP contribution in [0.1, 0.15) is 0 Å². The maximum atomic E-state index is 11.7. The van der Waals surface area contributed by atoms with Crippen LogP contribution in [0.15, 0.2) is 18.5 Å². The minimum absolute atomic E-state index is 0.0356. The lowest BCUT2D eigenvalue weighted by Gasteiger charge is -2.26. The van der Waals surface area contributed by atoms with Gasteiger partial charge >= 0.3 is 6.03 Å². The van der Waals surface area contributed by atoms with Crippen molar-refractivity contribution in [2.24, 2.45) is 0 Å². The first kappa shape index (κ1) is 8.25. The van der Waals surface area contributed by atoms with Crippen molar-refractivity contribution in [1.82, 2.24) is 20.0 Å². The molecule has 2 rings (SSSR count). The fourth-order valence-corrected chi connectivity index (χ4v) is 1.38. The molecule has 1 fully saturated rings. The number of hydrogen-bond acceptors (Lipinski definition) is 3. The number of rotatable bonds is 0. The molecule has 0 bridgehead atoms. The predicted molar refractivity (Wildman–Crippen MR) is 47.5 cm³/mol. The molecule has 0 atom stereocenters. The van der Waals surface area contributed by atoms with Gasteiger partial charge in [0.1, 0.15) is 0 Å². The number of amides is 1. The number of piperazine rings is 1. The minimum atomic E-state index is -0.0356. The third-order valence-electron chi connectivity index (χ3n) is 2.09. The van der Waals surface area contributed by atoms with Crippen molar-refractivity contribution < 1.29 is 4.79 Å². The second-order valence-corrected chi connectivity index (χ2v) is 2.97. The lowest BCUT2D eigenvalue weighted by atomic mass is 10.4. The van der Waals surface area contributed by atoms with E-state index in [1.54, 1.807) is 23.4 Å². The molecule has 1 amide bonds. The van der Waals surface area contributed by atoms with Crippen molar-refractivity contribution in [3.63, 3.8) is 0 Å². The first-order chi connectivity index (χ1) is 6.38. The Morgan fingerprint density at radius 3 is 2.77 bits per heavy atom. The topological polar surface area (TPSA) is 50.2 Å². The molecule has 0 radical (unpaired) electrons. The van der Waals surface area contributed by atoms with Crippen LogP contribution in [0.2, 0.25) is 0 Å². The fourth-order valence-electron chi connectivity index (χ4n) is 1.38. The quantitative estimate of drug-likeness (QED) is 0.599. The van der Waals surface area contributed by atoms with Crippen LogP contribution in [-0.2, 0) is 0 Å². The Labute approximate surface area is 76.3 Å². The minimum Gasteiger partial charge on any atom is -0.320 e. The van der Waals surface area contributed by atoms with E-state index in [2.05, 4.69) is 10.4 Å². The molecule has 70 valence electrons. The summed E-state index contributed by atoms with van der Waals surface area (Å²) in [4.78, 5) is 13.5. The van der Waals surface area contributed by atoms with E-state index in [1.165, 1.54) is 4.68 Å². The Hall–Kier alpha value is -1.36. The van der Waals surface area contributed by atoms with E-state index in [0.717, 1.165) is 26.2 Å². The molecule has 0 aliphatic carbocycles. The third kappa shape index (κ3) is 1.70. The van der Waals surface area contributed by atoms with Crippen molar-refractivity contribution in [2.45, 2.75) is 0 Å². The van der Waals surface area contributed by atoms with Gasteiger partial charge in [-0.3, -0.25) is 0 Å². The summed E-state index contributed by atoms with van der Waals surface area (Å²) >= 11 is 0. The monoisotopic (exact) mass is 180 g/mol. The van der Waals surface area contributed by atoms with Crippen molar-refractivity contribution in [2.75, 3.05) is 26.2 Å². The van der Waals surface area contributed by atoms with Crippen LogP contribution in [-0.4, -0.2) is 46.9 Å². The first-order valence-electron chi connectivity index (χ1n) is 4.37. The van der Waals surface area contributed by atoms with E-state index in [1.807, 2.05) is 0 Å². The van der Waals surface area contributed by atoms with Crippen molar-refractivity contribution in [1.29, 1.82) is 0 Å². The van der Waals surface area contributed by atoms with E-state index >= 15 is 0 Å². The molecule has 1 aromatic rings. The summed E-state index contributed by atoms with van der Waals surface area (Å²) in [5.41, 5.74) is 0. The maximum absolute atomic E-state index is 11.7. The van der Waals surface area contributed by atoms with Crippen LogP contribution in [0.4, 0.5) is 4.79 Å². The number of nitrogens with one attached hydrogen (secondary N) is 1. The molecular formula is C8H12N4O. The van der Waals surface area contributed by atoms with Crippen LogP contribution in [0, 0.1) is 0 Å². The van der Waals surface area contributed by atoms with Gasteiger partial charge in [-0.1, -0.05) is 0 Å². The Bertz CT molecular complexity index is 276. The number of nitrogens with zero attached hydrogens (tertiary/aromatic N) is 3. The second kappa shape index (κ2) is 3.57. The van der Waals surface area contributed by atoms with E-state index in [0.29, 0.717) is 0 Å². The highest BCUT2D eigenvalue weighted by Crippen LogP contribution is 1.97. The number of carbonyl (C=O) groups is 1. The van der Waals surface area contributed by atoms with Crippen LogP contribution in [0.25, 0.3) is 0 Å². The van der Waals surface area contributed by atoms with E-state index in [-0.39, 0.29) is 6.03 Å². The number of aromatic nitrogens is 2. The molecule has 0 spiro atoms. The molecule has 0 unspecified atom stereocenters. The van der Waals surface area contributed by atoms with Gasteiger partial charge in [0.25, 0.3) is 0 Å². The molecule has 1 aliphatic rings. The molecule has 13 heavy (non-hydrogen) atoms. The predicted octanol–water partition coefficient (Wildman–Crippen LogP) is -0.244. The van der Waals surface area contributed by atoms with Gasteiger partial charge in [0.05, 0.1) is 0 Å². The summed E-state index contributed by atoms with van der Waals surface area (Å²) in [5.74, 6) is 0. The second-order valence-electron chi connectivity index (χ2n) is 2.97. The van der Waals surface area contributed by atoms with E-state index in [9.17, 15) is 4.79 Å². The highest BCUT2D eigenvalue weighted by atomic mass is 16.2. The standard InChI is InChI=1S/C8H12N4O/c13-8(12-5-1-2-10-12)11-6-3-9-4-7-11/h1-2,5,9H,3-4,6-7H2. The molecule has 0 saturated carbocycles. The highest BCUT2D eigenvalue weighted by molar-refractivity contribution is 5.75. The van der Waals surface area contributed by atoms with Gasteiger partial charge < -0.3 is 10.2 Å². The number of carbonyl (C=O) groups excluding carboxylic acids is 1. The normalized spacial score (nSPS) is 17.4. The molecule has 1 saturated heterocycles. The summed E-state index contributed by atoms with van der Waals surface area (Å²) in [5, 5.41) is 7.09. The Kier molecular flexibility index (Phi) is 2.27. The lowest BCUT2D eigenvalue weighted by Crippen LogP contribution is -2.48. The number of hydrogen-bond donors (Lipinski definition) is 1. The van der Waals surface area contributed by atoms with Gasteiger partial charge in [-0.05, 0) is 6.07 Å². The lowest BCUT2D eigenvalue weighted by molar-refractivity contribution is 0.188. The first-order valence-corrected chi connectivity index (χ1v) is 4.37. The summed E-state index contributed by atoms with van der Waals surface area (Å²) < 4.78 is 1.37. The van der Waals surface area contributed by atoms with Crippen molar-refractivity contribution >= 4 is 6.03 Å². The average Bonchev–Trinajstić information content (AvgIpc) is 2.71. The average molecular weight is 180 g/mol. The molecule has 1 aromatic heterocycles. The molecule has 5 nitrogen and oxygen atoms in total. The summed E-state index contributed by atoms with van der Waals surface area (Å²) in [6.45, 7) is 3.26. The smallest absolute Gasteiger partial charge is 0.320 e. The largest absolute Gasteiger partial charge is 0.344 e. The molecule has 1 N–H and O–H groups in total. The Balaban J connectivity index is 2.04. The van der Waals surface area contributed by atoms with Crippen molar-refractivity contribution in [3.05, 3.63) is 18.5 Å². The van der Waals surface area contributed by atoms with Gasteiger partial charge in [-0.25, -0.2) is 4.79 Å². The van der Waals surface area contributed by atoms with Crippen LogP contribution >= 0.6 is 0 Å². The summed E-state index contributed by atoms with van der Waals surface area (Å²) in [7, 11) is 0. The van der Waals surface area contributed by atoms with Crippen LogP contribution in [0.5, 0.6) is 0 Å². The van der Waals surface area contributed by atoms with Gasteiger partial charge in [0.15, 0.2) is 0 Å². The zero-order valence-corrected chi connectivity index (χ0v) is 7.31. The molecular weight excluding hydrogens is 168 g/mol. The van der Waals surface area contributed by atoms with Crippen molar-refractivity contribution in [3.8, 4) is 0 Å². The van der Waals surface area contributed by atoms with Gasteiger partial charge in [-0.15, -0.1) is 0 Å². The van der Waals surface area contributed by atoms with E-state index < -0.39 is 0 Å². The SMILES string of the molecule is O=C(N1CCNCC1)n1cccn1. The Morgan fingerprint density at radius 1 is 1.38 bits per heavy atom. The molecule has 1 aliphatic heterocycles. The zero-order valence-electron chi connectivity index (χ0n) is 7.31. The van der Waals surface area contributed by atoms with Gasteiger partial charge in [0, 0.05) is 38.6 Å². The van der Waals surface area contributed by atoms with Crippen LogP contribution < -0.4 is 5.32 Å². The third-order valence-corrected chi connectivity index (χ3v) is 2.09. The summed E-state index contributed by atoms with van der Waals surface area (Å²) in [6.07, 6.45) is 3.28. The zero-order chi connectivity index (χ0) is 9.10. The molecule has 2 heterocycles. The molecule has 0 aromatic carbocycles. The van der Waals surface area contributed by atoms with E-state index in [4.69, 9.17) is 0 Å². The maximum Gasteiger partial charge on any atom is 0.344 e. The molecule has 5 heteroatoms. The highest BCUT2D eigenvalue weighted by Gasteiger charge is 2.17. The Morgan fingerprint density at radius 2 is 2.15 bits per heavy atom. The fraction of sp³-hybridized carbons (Fsp3) is 0.500.